The van der Waals surface area contributed by atoms with Gasteiger partial charge < -0.3 is 20.1 Å². The van der Waals surface area contributed by atoms with Crippen molar-refractivity contribution in [3.8, 4) is 35.4 Å². The highest BCUT2D eigenvalue weighted by molar-refractivity contribution is 6.03. The van der Waals surface area contributed by atoms with Crippen molar-refractivity contribution in [3.05, 3.63) is 59.8 Å². The van der Waals surface area contributed by atoms with Crippen molar-refractivity contribution in [1.82, 2.24) is 25.2 Å². The molecule has 4 atom stereocenters. The van der Waals surface area contributed by atoms with Crippen LogP contribution in [0.1, 0.15) is 50.5 Å². The van der Waals surface area contributed by atoms with Crippen LogP contribution in [0.4, 0.5) is 14.6 Å². The van der Waals surface area contributed by atoms with Gasteiger partial charge >= 0.3 is 6.01 Å². The van der Waals surface area contributed by atoms with E-state index < -0.39 is 11.6 Å². The largest absolute Gasteiger partial charge is 0.508 e. The molecule has 1 saturated carbocycles. The number of terminal acetylenes is 1. The first-order valence-corrected chi connectivity index (χ1v) is 16.7. The number of ether oxygens (including phenoxy) is 1. The number of hydrogen-bond acceptors (Lipinski definition) is 8. The number of pyridine rings is 1. The van der Waals surface area contributed by atoms with Gasteiger partial charge in [0.1, 0.15) is 28.6 Å². The SMILES string of the molecule is C#Cc1c(F)ccc2cc(O)cc(-c3ncc4c(N5C[C@H]6CC[C@@H](C5)N6)nc(OCC5(CN6C7C=CC6CCC7)CC5)nc4c3F)c12. The van der Waals surface area contributed by atoms with E-state index in [1.165, 1.54) is 43.5 Å². The number of anilines is 1. The molecule has 47 heavy (non-hydrogen) atoms. The highest BCUT2D eigenvalue weighted by Gasteiger charge is 2.48. The molecule has 2 aromatic carbocycles. The molecule has 1 aliphatic carbocycles. The van der Waals surface area contributed by atoms with E-state index in [1.54, 1.807) is 6.20 Å². The first-order chi connectivity index (χ1) is 22.9. The highest BCUT2D eigenvalue weighted by Crippen LogP contribution is 2.49. The Morgan fingerprint density at radius 1 is 1.04 bits per heavy atom. The minimum Gasteiger partial charge on any atom is -0.508 e. The van der Waals surface area contributed by atoms with Gasteiger partial charge in [0, 0.05) is 66.4 Å². The van der Waals surface area contributed by atoms with Crippen LogP contribution in [0.5, 0.6) is 11.8 Å². The Kier molecular flexibility index (Phi) is 6.67. The summed E-state index contributed by atoms with van der Waals surface area (Å²) in [4.78, 5) is 18.9. The second-order valence-electron chi connectivity index (χ2n) is 14.1. The fourth-order valence-electron chi connectivity index (χ4n) is 8.39. The van der Waals surface area contributed by atoms with Crippen molar-refractivity contribution in [2.75, 3.05) is 31.1 Å². The number of piperidine rings is 1. The van der Waals surface area contributed by atoms with Crippen LogP contribution in [-0.2, 0) is 0 Å². The molecular formula is C37H36F2N6O2. The predicted molar refractivity (Wildman–Crippen MR) is 176 cm³/mol. The maximum absolute atomic E-state index is 16.9. The number of fused-ring (bicyclic) bond motifs is 6. The normalized spacial score (nSPS) is 25.9. The molecule has 4 bridgehead atoms. The zero-order chi connectivity index (χ0) is 31.9. The lowest BCUT2D eigenvalue weighted by molar-refractivity contribution is 0.0981. The molecule has 0 radical (unpaired) electrons. The quantitative estimate of drug-likeness (QED) is 0.198. The van der Waals surface area contributed by atoms with Crippen LogP contribution in [0.15, 0.2) is 42.6 Å². The summed E-state index contributed by atoms with van der Waals surface area (Å²) in [5.74, 6) is 1.58. The van der Waals surface area contributed by atoms with Crippen LogP contribution in [0, 0.1) is 29.4 Å². The number of phenolic OH excluding ortho intramolecular Hbond substituents is 1. The topological polar surface area (TPSA) is 86.6 Å². The standard InChI is InChI=1S/C37H36F2N6O2/c1-2-27-30(38)11-6-21-14-26(46)15-28(31(21)27)33-32(39)34-29(16-40-33)35(44-17-22-7-8-23(18-44)41-22)43-36(42-34)47-20-37(12-13-37)19-45-24-4-3-5-25(45)10-9-24/h1,6,9-11,14-16,22-25,41,46H,3-5,7-8,12-13,17-20H2/t22-,23+,24?,25?. The van der Waals surface area contributed by atoms with E-state index in [0.717, 1.165) is 45.3 Å². The molecule has 3 saturated heterocycles. The molecule has 9 rings (SSSR count). The van der Waals surface area contributed by atoms with Crippen LogP contribution >= 0.6 is 0 Å². The number of benzene rings is 2. The molecule has 4 aromatic rings. The van der Waals surface area contributed by atoms with Gasteiger partial charge in [0.05, 0.1) is 17.6 Å². The van der Waals surface area contributed by atoms with E-state index in [2.05, 4.69) is 43.2 Å². The van der Waals surface area contributed by atoms with Crippen molar-refractivity contribution in [2.24, 2.45) is 5.41 Å². The van der Waals surface area contributed by atoms with Crippen molar-refractivity contribution < 1.29 is 18.6 Å². The Morgan fingerprint density at radius 2 is 1.81 bits per heavy atom. The Morgan fingerprint density at radius 3 is 2.53 bits per heavy atom. The highest BCUT2D eigenvalue weighted by atomic mass is 19.1. The molecule has 2 unspecified atom stereocenters. The number of nitrogens with zero attached hydrogens (tertiary/aromatic N) is 5. The third kappa shape index (κ3) is 4.90. The van der Waals surface area contributed by atoms with Gasteiger partial charge in [0.15, 0.2) is 5.82 Å². The number of nitrogens with one attached hydrogen (secondary N) is 1. The monoisotopic (exact) mass is 634 g/mol. The smallest absolute Gasteiger partial charge is 0.319 e. The van der Waals surface area contributed by atoms with Crippen molar-refractivity contribution >= 4 is 27.5 Å². The van der Waals surface area contributed by atoms with Gasteiger partial charge in [0.2, 0.25) is 0 Å². The maximum Gasteiger partial charge on any atom is 0.319 e. The molecule has 10 heteroatoms. The van der Waals surface area contributed by atoms with Crippen molar-refractivity contribution in [1.29, 1.82) is 0 Å². The fraction of sp³-hybridized carbons (Fsp3) is 0.432. The first-order valence-electron chi connectivity index (χ1n) is 16.7. The van der Waals surface area contributed by atoms with Crippen LogP contribution in [0.25, 0.3) is 32.9 Å². The van der Waals surface area contributed by atoms with Gasteiger partial charge in [-0.25, -0.2) is 8.78 Å². The molecule has 2 aromatic heterocycles. The Hall–Kier alpha value is -4.33. The lowest BCUT2D eigenvalue weighted by atomic mass is 9.96. The van der Waals surface area contributed by atoms with Crippen LogP contribution in [-0.4, -0.2) is 75.4 Å². The minimum atomic E-state index is -0.703. The lowest BCUT2D eigenvalue weighted by Crippen LogP contribution is -2.51. The minimum absolute atomic E-state index is 0.0189. The third-order valence-corrected chi connectivity index (χ3v) is 11.0. The van der Waals surface area contributed by atoms with Gasteiger partial charge in [-0.1, -0.05) is 24.1 Å². The zero-order valence-electron chi connectivity index (χ0n) is 26.1. The van der Waals surface area contributed by atoms with E-state index in [9.17, 15) is 9.50 Å². The third-order valence-electron chi connectivity index (χ3n) is 11.0. The summed E-state index contributed by atoms with van der Waals surface area (Å²) < 4.78 is 38.1. The molecule has 0 spiro atoms. The predicted octanol–water partition coefficient (Wildman–Crippen LogP) is 5.70. The Labute approximate surface area is 271 Å². The average molecular weight is 635 g/mol. The molecule has 5 aliphatic rings. The molecule has 0 amide bonds. The summed E-state index contributed by atoms with van der Waals surface area (Å²) in [6.45, 7) is 2.91. The van der Waals surface area contributed by atoms with Gasteiger partial charge in [-0.15, -0.1) is 6.42 Å². The summed E-state index contributed by atoms with van der Waals surface area (Å²) in [6, 6.07) is 7.42. The van der Waals surface area contributed by atoms with E-state index in [0.29, 0.717) is 52.8 Å². The van der Waals surface area contributed by atoms with Gasteiger partial charge in [-0.2, -0.15) is 9.97 Å². The van der Waals surface area contributed by atoms with Gasteiger partial charge in [-0.3, -0.25) is 9.88 Å². The maximum atomic E-state index is 16.9. The number of rotatable bonds is 7. The van der Waals surface area contributed by atoms with Gasteiger partial charge in [-0.05, 0) is 68.5 Å². The Bertz CT molecular complexity index is 1980. The van der Waals surface area contributed by atoms with Crippen molar-refractivity contribution in [3.63, 3.8) is 0 Å². The summed E-state index contributed by atoms with van der Waals surface area (Å²) in [6.07, 6.45) is 20.0. The van der Waals surface area contributed by atoms with Crippen LogP contribution in [0.2, 0.25) is 0 Å². The fourth-order valence-corrected chi connectivity index (χ4v) is 8.39. The van der Waals surface area contributed by atoms with E-state index >= 15 is 4.39 Å². The summed E-state index contributed by atoms with van der Waals surface area (Å²) in [7, 11) is 0. The summed E-state index contributed by atoms with van der Waals surface area (Å²) in [5.41, 5.74) is 0.193. The molecule has 4 aliphatic heterocycles. The van der Waals surface area contributed by atoms with Crippen LogP contribution < -0.4 is 15.0 Å². The van der Waals surface area contributed by atoms with E-state index in [4.69, 9.17) is 16.1 Å². The summed E-state index contributed by atoms with van der Waals surface area (Å²) >= 11 is 0. The molecule has 240 valence electrons. The molecular weight excluding hydrogens is 598 g/mol. The average Bonchev–Trinajstić information content (AvgIpc) is 3.72. The Balaban J connectivity index is 1.12. The number of hydrogen-bond donors (Lipinski definition) is 2. The number of aromatic nitrogens is 3. The lowest BCUT2D eigenvalue weighted by Gasteiger charge is -2.37. The number of halogens is 2. The van der Waals surface area contributed by atoms with E-state index in [-0.39, 0.29) is 39.5 Å². The molecule has 8 nitrogen and oxygen atoms in total. The van der Waals surface area contributed by atoms with E-state index in [1.807, 2.05) is 0 Å². The second kappa shape index (κ2) is 10.9. The molecule has 2 N–H and O–H groups in total. The first kappa shape index (κ1) is 28.9. The molecule has 4 fully saturated rings. The van der Waals surface area contributed by atoms with Gasteiger partial charge in [0.25, 0.3) is 0 Å². The number of aromatic hydroxyl groups is 1. The molecule has 6 heterocycles. The second-order valence-corrected chi connectivity index (χ2v) is 14.1. The summed E-state index contributed by atoms with van der Waals surface area (Å²) in [5, 5.41) is 15.5. The van der Waals surface area contributed by atoms with Crippen LogP contribution in [0.3, 0.4) is 0 Å². The number of phenols is 1. The number of piperazine rings is 1. The zero-order valence-corrected chi connectivity index (χ0v) is 26.1. The van der Waals surface area contributed by atoms with Crippen molar-refractivity contribution in [2.45, 2.75) is 69.1 Å².